The average Bonchev–Trinajstić information content (AvgIpc) is 3.23. The van der Waals surface area contributed by atoms with Crippen molar-refractivity contribution in [1.29, 1.82) is 0 Å². The zero-order valence-corrected chi connectivity index (χ0v) is 20.9. The number of carbonyl (C=O) groups is 3. The fourth-order valence-electron chi connectivity index (χ4n) is 4.75. The summed E-state index contributed by atoms with van der Waals surface area (Å²) in [5.41, 5.74) is 3.69. The number of piperidine rings is 1. The molecule has 10 nitrogen and oxygen atoms in total. The van der Waals surface area contributed by atoms with E-state index in [1.165, 1.54) is 5.56 Å². The Morgan fingerprint density at radius 2 is 1.89 bits per heavy atom. The Kier molecular flexibility index (Phi) is 7.47. The molecule has 0 radical (unpaired) electrons. The molecular weight excluding hydrogens is 474 g/mol. The highest BCUT2D eigenvalue weighted by molar-refractivity contribution is 6.02. The SMILES string of the molecule is Cn1nc(C2CCC(=O)NC2=O)c2ccc(OCC(=O)NCc3ccc(CN4CCOCC4)cc3)cc21. The summed E-state index contributed by atoms with van der Waals surface area (Å²) in [6.45, 7) is 4.68. The summed E-state index contributed by atoms with van der Waals surface area (Å²) >= 11 is 0. The molecule has 0 aliphatic carbocycles. The molecule has 2 fully saturated rings. The van der Waals surface area contributed by atoms with Crippen molar-refractivity contribution >= 4 is 28.6 Å². The Morgan fingerprint density at radius 1 is 1.14 bits per heavy atom. The van der Waals surface area contributed by atoms with E-state index in [0.29, 0.717) is 30.8 Å². The zero-order valence-electron chi connectivity index (χ0n) is 20.9. The second-order valence-electron chi connectivity index (χ2n) is 9.46. The number of aromatic nitrogens is 2. The highest BCUT2D eigenvalue weighted by Gasteiger charge is 2.31. The molecule has 10 heteroatoms. The number of hydrogen-bond donors (Lipinski definition) is 2. The largest absolute Gasteiger partial charge is 0.484 e. The molecule has 3 heterocycles. The number of benzene rings is 2. The smallest absolute Gasteiger partial charge is 0.258 e. The fraction of sp³-hybridized carbons (Fsp3) is 0.407. The lowest BCUT2D eigenvalue weighted by atomic mass is 9.93. The number of rotatable bonds is 8. The topological polar surface area (TPSA) is 115 Å². The van der Waals surface area contributed by atoms with Gasteiger partial charge in [-0.2, -0.15) is 5.10 Å². The highest BCUT2D eigenvalue weighted by atomic mass is 16.5. The van der Waals surface area contributed by atoms with Crippen molar-refractivity contribution in [2.24, 2.45) is 7.05 Å². The second kappa shape index (κ2) is 11.1. The maximum Gasteiger partial charge on any atom is 0.258 e. The van der Waals surface area contributed by atoms with Gasteiger partial charge in [-0.05, 0) is 29.7 Å². The molecule has 2 aliphatic rings. The molecular formula is C27H31N5O5. The molecule has 0 spiro atoms. The third-order valence-corrected chi connectivity index (χ3v) is 6.81. The van der Waals surface area contributed by atoms with E-state index in [0.717, 1.165) is 49.3 Å². The van der Waals surface area contributed by atoms with Crippen molar-refractivity contribution in [3.8, 4) is 5.75 Å². The summed E-state index contributed by atoms with van der Waals surface area (Å²) in [7, 11) is 1.79. The zero-order chi connectivity index (χ0) is 25.8. The van der Waals surface area contributed by atoms with E-state index >= 15 is 0 Å². The minimum atomic E-state index is -0.465. The van der Waals surface area contributed by atoms with Crippen LogP contribution >= 0.6 is 0 Å². The van der Waals surface area contributed by atoms with Crippen LogP contribution in [-0.4, -0.2) is 65.3 Å². The number of ether oxygens (including phenoxy) is 2. The molecule has 2 aliphatic heterocycles. The van der Waals surface area contributed by atoms with Gasteiger partial charge < -0.3 is 14.8 Å². The Morgan fingerprint density at radius 3 is 2.65 bits per heavy atom. The van der Waals surface area contributed by atoms with Gasteiger partial charge in [0, 0.05) is 51.1 Å². The van der Waals surface area contributed by atoms with Crippen molar-refractivity contribution < 1.29 is 23.9 Å². The molecule has 0 bridgehead atoms. The molecule has 0 saturated carbocycles. The molecule has 5 rings (SSSR count). The van der Waals surface area contributed by atoms with Crippen LogP contribution in [0.5, 0.6) is 5.75 Å². The lowest BCUT2D eigenvalue weighted by Crippen LogP contribution is -2.39. The predicted molar refractivity (Wildman–Crippen MR) is 136 cm³/mol. The number of carbonyl (C=O) groups excluding carboxylic acids is 3. The van der Waals surface area contributed by atoms with Gasteiger partial charge >= 0.3 is 0 Å². The van der Waals surface area contributed by atoms with E-state index in [9.17, 15) is 14.4 Å². The number of imide groups is 1. The molecule has 2 aromatic carbocycles. The lowest BCUT2D eigenvalue weighted by molar-refractivity contribution is -0.134. The second-order valence-corrected chi connectivity index (χ2v) is 9.46. The monoisotopic (exact) mass is 505 g/mol. The first-order valence-corrected chi connectivity index (χ1v) is 12.5. The fourth-order valence-corrected chi connectivity index (χ4v) is 4.75. The number of fused-ring (bicyclic) bond motifs is 1. The molecule has 3 amide bonds. The summed E-state index contributed by atoms with van der Waals surface area (Å²) in [5, 5.41) is 10.6. The van der Waals surface area contributed by atoms with Crippen molar-refractivity contribution in [2.75, 3.05) is 32.9 Å². The third kappa shape index (κ3) is 5.98. The minimum absolute atomic E-state index is 0.113. The van der Waals surface area contributed by atoms with Crippen LogP contribution in [0, 0.1) is 0 Å². The molecule has 2 saturated heterocycles. The van der Waals surface area contributed by atoms with Gasteiger partial charge in [0.1, 0.15) is 5.75 Å². The Hall–Kier alpha value is -3.76. The van der Waals surface area contributed by atoms with Gasteiger partial charge in [-0.3, -0.25) is 29.3 Å². The minimum Gasteiger partial charge on any atom is -0.484 e. The van der Waals surface area contributed by atoms with Crippen LogP contribution < -0.4 is 15.4 Å². The molecule has 2 N–H and O–H groups in total. The Bertz CT molecular complexity index is 1300. The quantitative estimate of drug-likeness (QED) is 0.447. The number of nitrogens with one attached hydrogen (secondary N) is 2. The maximum absolute atomic E-state index is 12.4. The first kappa shape index (κ1) is 24.9. The van der Waals surface area contributed by atoms with E-state index in [2.05, 4.69) is 32.8 Å². The highest BCUT2D eigenvalue weighted by Crippen LogP contribution is 2.31. The van der Waals surface area contributed by atoms with E-state index in [1.807, 2.05) is 18.2 Å². The molecule has 1 aromatic heterocycles. The van der Waals surface area contributed by atoms with Gasteiger partial charge in [0.15, 0.2) is 6.61 Å². The third-order valence-electron chi connectivity index (χ3n) is 6.81. The van der Waals surface area contributed by atoms with Crippen LogP contribution in [0.4, 0.5) is 0 Å². The van der Waals surface area contributed by atoms with Crippen LogP contribution in [0.1, 0.15) is 35.6 Å². The predicted octanol–water partition coefficient (Wildman–Crippen LogP) is 1.62. The van der Waals surface area contributed by atoms with Gasteiger partial charge in [0.05, 0.1) is 30.3 Å². The molecule has 37 heavy (non-hydrogen) atoms. The summed E-state index contributed by atoms with van der Waals surface area (Å²) in [4.78, 5) is 38.5. The average molecular weight is 506 g/mol. The summed E-state index contributed by atoms with van der Waals surface area (Å²) in [6, 6.07) is 13.7. The van der Waals surface area contributed by atoms with Gasteiger partial charge in [-0.15, -0.1) is 0 Å². The van der Waals surface area contributed by atoms with Crippen LogP contribution in [0.25, 0.3) is 10.9 Å². The number of nitrogens with zero attached hydrogens (tertiary/aromatic N) is 3. The van der Waals surface area contributed by atoms with Gasteiger partial charge in [-0.25, -0.2) is 0 Å². The van der Waals surface area contributed by atoms with Crippen LogP contribution in [0.15, 0.2) is 42.5 Å². The Labute approximate surface area is 214 Å². The summed E-state index contributed by atoms with van der Waals surface area (Å²) in [6.07, 6.45) is 0.731. The van der Waals surface area contributed by atoms with Crippen molar-refractivity contribution in [1.82, 2.24) is 25.3 Å². The van der Waals surface area contributed by atoms with Crippen molar-refractivity contribution in [3.63, 3.8) is 0 Å². The van der Waals surface area contributed by atoms with Gasteiger partial charge in [0.2, 0.25) is 11.8 Å². The molecule has 1 unspecified atom stereocenters. The van der Waals surface area contributed by atoms with E-state index in [4.69, 9.17) is 9.47 Å². The Balaban J connectivity index is 1.13. The van der Waals surface area contributed by atoms with Crippen molar-refractivity contribution in [2.45, 2.75) is 31.8 Å². The number of aryl methyl sites for hydroxylation is 1. The van der Waals surface area contributed by atoms with Crippen molar-refractivity contribution in [3.05, 3.63) is 59.3 Å². The van der Waals surface area contributed by atoms with E-state index in [-0.39, 0.29) is 24.3 Å². The van der Waals surface area contributed by atoms with E-state index < -0.39 is 5.92 Å². The normalized spacial score (nSPS) is 18.6. The van der Waals surface area contributed by atoms with Gasteiger partial charge in [-0.1, -0.05) is 24.3 Å². The first-order chi connectivity index (χ1) is 18.0. The molecule has 1 atom stereocenters. The summed E-state index contributed by atoms with van der Waals surface area (Å²) in [5.74, 6) is -0.719. The van der Waals surface area contributed by atoms with E-state index in [1.54, 1.807) is 23.9 Å². The van der Waals surface area contributed by atoms with Crippen LogP contribution in [-0.2, 0) is 39.3 Å². The number of morpholine rings is 1. The van der Waals surface area contributed by atoms with Gasteiger partial charge in [0.25, 0.3) is 5.91 Å². The molecule has 194 valence electrons. The standard InChI is InChI=1S/C27H31N5O5/c1-31-23-14-20(6-7-21(23)26(30-31)22-8-9-24(33)29-27(22)35)37-17-25(34)28-15-18-2-4-19(5-3-18)16-32-10-12-36-13-11-32/h2-7,14,22H,8-13,15-17H2,1H3,(H,28,34)(H,29,33,35). The first-order valence-electron chi connectivity index (χ1n) is 12.5. The number of hydrogen-bond acceptors (Lipinski definition) is 7. The summed E-state index contributed by atoms with van der Waals surface area (Å²) < 4.78 is 12.8. The van der Waals surface area contributed by atoms with Crippen LogP contribution in [0.2, 0.25) is 0 Å². The molecule has 3 aromatic rings. The maximum atomic E-state index is 12.4. The van der Waals surface area contributed by atoms with Crippen LogP contribution in [0.3, 0.4) is 0 Å². The number of amides is 3. The lowest BCUT2D eigenvalue weighted by Gasteiger charge is -2.26.